The first-order valence-electron chi connectivity index (χ1n) is 7.13. The molecule has 5 heteroatoms. The summed E-state index contributed by atoms with van der Waals surface area (Å²) in [5.74, 6) is 0.773. The van der Waals surface area contributed by atoms with Crippen LogP contribution in [0.25, 0.3) is 0 Å². The van der Waals surface area contributed by atoms with Crippen molar-refractivity contribution in [1.82, 2.24) is 15.6 Å². The zero-order valence-electron chi connectivity index (χ0n) is 13.2. The molecular formula is C17H23IN4. The van der Waals surface area contributed by atoms with Gasteiger partial charge in [-0.15, -0.1) is 24.0 Å². The van der Waals surface area contributed by atoms with E-state index in [1.165, 1.54) is 5.56 Å². The predicted octanol–water partition coefficient (Wildman–Crippen LogP) is 3.43. The molecule has 118 valence electrons. The molecule has 0 saturated heterocycles. The summed E-state index contributed by atoms with van der Waals surface area (Å²) in [6.07, 6.45) is 0. The van der Waals surface area contributed by atoms with Crippen molar-refractivity contribution in [3.63, 3.8) is 0 Å². The molecule has 0 spiro atoms. The van der Waals surface area contributed by atoms with E-state index in [0.29, 0.717) is 6.54 Å². The second-order valence-corrected chi connectivity index (χ2v) is 4.97. The molecule has 2 N–H and O–H groups in total. The summed E-state index contributed by atoms with van der Waals surface area (Å²) >= 11 is 0. The molecule has 2 rings (SSSR count). The molecule has 0 aliphatic carbocycles. The lowest BCUT2D eigenvalue weighted by Gasteiger charge is -2.18. The molecule has 2 aromatic rings. The van der Waals surface area contributed by atoms with Gasteiger partial charge in [-0.1, -0.05) is 36.4 Å². The number of aromatic nitrogens is 1. The Morgan fingerprint density at radius 1 is 1.14 bits per heavy atom. The molecule has 4 nitrogen and oxygen atoms in total. The summed E-state index contributed by atoms with van der Waals surface area (Å²) < 4.78 is 0. The molecule has 1 unspecified atom stereocenters. The molecule has 0 saturated carbocycles. The van der Waals surface area contributed by atoms with Gasteiger partial charge in [-0.3, -0.25) is 9.98 Å². The normalized spacial score (nSPS) is 12.2. The van der Waals surface area contributed by atoms with Crippen LogP contribution in [0.4, 0.5) is 0 Å². The zero-order valence-corrected chi connectivity index (χ0v) is 15.5. The van der Waals surface area contributed by atoms with Gasteiger partial charge >= 0.3 is 0 Å². The summed E-state index contributed by atoms with van der Waals surface area (Å²) in [6, 6.07) is 16.5. The van der Waals surface area contributed by atoms with E-state index in [-0.39, 0.29) is 30.0 Å². The molecule has 22 heavy (non-hydrogen) atoms. The van der Waals surface area contributed by atoms with E-state index in [1.54, 1.807) is 7.05 Å². The van der Waals surface area contributed by atoms with Crippen LogP contribution in [0.5, 0.6) is 0 Å². The maximum Gasteiger partial charge on any atom is 0.191 e. The van der Waals surface area contributed by atoms with Crippen LogP contribution >= 0.6 is 24.0 Å². The Hall–Kier alpha value is -1.63. The first-order valence-corrected chi connectivity index (χ1v) is 7.13. The van der Waals surface area contributed by atoms with E-state index in [4.69, 9.17) is 0 Å². The van der Waals surface area contributed by atoms with Gasteiger partial charge in [0.1, 0.15) is 0 Å². The van der Waals surface area contributed by atoms with Crippen LogP contribution in [-0.2, 0) is 6.54 Å². The van der Waals surface area contributed by atoms with E-state index >= 15 is 0 Å². The van der Waals surface area contributed by atoms with Crippen LogP contribution in [0.15, 0.2) is 53.5 Å². The van der Waals surface area contributed by atoms with Gasteiger partial charge < -0.3 is 10.6 Å². The third kappa shape index (κ3) is 5.63. The van der Waals surface area contributed by atoms with E-state index in [2.05, 4.69) is 39.7 Å². The predicted molar refractivity (Wildman–Crippen MR) is 103 cm³/mol. The van der Waals surface area contributed by atoms with Crippen LogP contribution in [0, 0.1) is 6.92 Å². The van der Waals surface area contributed by atoms with Crippen molar-refractivity contribution in [2.45, 2.75) is 26.4 Å². The van der Waals surface area contributed by atoms with Crippen LogP contribution in [0.1, 0.15) is 29.9 Å². The van der Waals surface area contributed by atoms with Crippen molar-refractivity contribution in [3.8, 4) is 0 Å². The molecule has 1 aromatic heterocycles. The topological polar surface area (TPSA) is 49.3 Å². The second-order valence-electron chi connectivity index (χ2n) is 4.97. The zero-order chi connectivity index (χ0) is 15.1. The van der Waals surface area contributed by atoms with Gasteiger partial charge in [-0.2, -0.15) is 0 Å². The quantitative estimate of drug-likeness (QED) is 0.461. The average Bonchev–Trinajstić information content (AvgIpc) is 2.52. The summed E-state index contributed by atoms with van der Waals surface area (Å²) in [7, 11) is 1.77. The summed E-state index contributed by atoms with van der Waals surface area (Å²) in [5.41, 5.74) is 3.26. The maximum absolute atomic E-state index is 4.47. The Morgan fingerprint density at radius 2 is 1.86 bits per heavy atom. The van der Waals surface area contributed by atoms with E-state index in [0.717, 1.165) is 17.3 Å². The Bertz CT molecular complexity index is 599. The minimum atomic E-state index is 0. The van der Waals surface area contributed by atoms with Gasteiger partial charge in [-0.05, 0) is 31.5 Å². The fraction of sp³-hybridized carbons (Fsp3) is 0.294. The minimum absolute atomic E-state index is 0. The van der Waals surface area contributed by atoms with E-state index in [9.17, 15) is 0 Å². The number of pyridine rings is 1. The highest BCUT2D eigenvalue weighted by molar-refractivity contribution is 14.0. The number of nitrogens with one attached hydrogen (secondary N) is 2. The number of guanidine groups is 1. The lowest BCUT2D eigenvalue weighted by atomic mass is 10.1. The molecular weight excluding hydrogens is 387 g/mol. The number of nitrogens with zero attached hydrogens (tertiary/aromatic N) is 2. The largest absolute Gasteiger partial charge is 0.351 e. The van der Waals surface area contributed by atoms with Gasteiger partial charge in [0.25, 0.3) is 0 Å². The number of aryl methyl sites for hydroxylation is 1. The van der Waals surface area contributed by atoms with Crippen molar-refractivity contribution in [2.75, 3.05) is 7.05 Å². The smallest absolute Gasteiger partial charge is 0.191 e. The lowest BCUT2D eigenvalue weighted by Crippen LogP contribution is -2.38. The highest BCUT2D eigenvalue weighted by Gasteiger charge is 2.07. The molecule has 0 amide bonds. The Labute approximate surface area is 149 Å². The molecule has 0 aliphatic rings. The van der Waals surface area contributed by atoms with Crippen molar-refractivity contribution < 1.29 is 0 Å². The van der Waals surface area contributed by atoms with Crippen molar-refractivity contribution in [3.05, 3.63) is 65.5 Å². The van der Waals surface area contributed by atoms with Crippen molar-refractivity contribution in [2.24, 2.45) is 4.99 Å². The van der Waals surface area contributed by atoms with E-state index in [1.807, 2.05) is 43.3 Å². The van der Waals surface area contributed by atoms with Crippen LogP contribution in [0.2, 0.25) is 0 Å². The molecule has 0 aliphatic heterocycles. The monoisotopic (exact) mass is 410 g/mol. The Balaban J connectivity index is 0.00000242. The first kappa shape index (κ1) is 18.4. The van der Waals surface area contributed by atoms with Gasteiger partial charge in [0.15, 0.2) is 5.96 Å². The van der Waals surface area contributed by atoms with Crippen LogP contribution in [-0.4, -0.2) is 18.0 Å². The fourth-order valence-corrected chi connectivity index (χ4v) is 2.10. The van der Waals surface area contributed by atoms with Crippen molar-refractivity contribution in [1.29, 1.82) is 0 Å². The molecule has 0 radical (unpaired) electrons. The molecule has 1 aromatic carbocycles. The number of rotatable bonds is 4. The first-order chi connectivity index (χ1) is 10.2. The average molecular weight is 410 g/mol. The van der Waals surface area contributed by atoms with Crippen molar-refractivity contribution >= 4 is 29.9 Å². The summed E-state index contributed by atoms with van der Waals surface area (Å²) in [4.78, 5) is 8.73. The third-order valence-electron chi connectivity index (χ3n) is 3.26. The lowest BCUT2D eigenvalue weighted by molar-refractivity contribution is 0.682. The standard InChI is InChI=1S/C17H22N4.HI/c1-13-8-7-11-16(20-13)12-19-17(18-3)21-14(2)15-9-5-4-6-10-15;/h4-11,14H,12H2,1-3H3,(H2,18,19,21);1H. The highest BCUT2D eigenvalue weighted by atomic mass is 127. The summed E-state index contributed by atoms with van der Waals surface area (Å²) in [5, 5.41) is 6.67. The minimum Gasteiger partial charge on any atom is -0.351 e. The third-order valence-corrected chi connectivity index (χ3v) is 3.26. The van der Waals surface area contributed by atoms with Gasteiger partial charge in [0.05, 0.1) is 18.3 Å². The molecule has 0 fully saturated rings. The van der Waals surface area contributed by atoms with Gasteiger partial charge in [0, 0.05) is 12.7 Å². The van der Waals surface area contributed by atoms with Gasteiger partial charge in [0.2, 0.25) is 0 Å². The van der Waals surface area contributed by atoms with Gasteiger partial charge in [-0.25, -0.2) is 0 Å². The second kappa shape index (κ2) is 9.40. The maximum atomic E-state index is 4.47. The number of halogens is 1. The van der Waals surface area contributed by atoms with Crippen LogP contribution in [0.3, 0.4) is 0 Å². The number of benzene rings is 1. The molecule has 0 bridgehead atoms. The Morgan fingerprint density at radius 3 is 2.50 bits per heavy atom. The molecule has 1 heterocycles. The number of aliphatic imine (C=N–C) groups is 1. The highest BCUT2D eigenvalue weighted by Crippen LogP contribution is 2.10. The Kier molecular flexibility index (Phi) is 7.87. The number of hydrogen-bond acceptors (Lipinski definition) is 2. The van der Waals surface area contributed by atoms with Crippen LogP contribution < -0.4 is 10.6 Å². The number of hydrogen-bond donors (Lipinski definition) is 2. The SMILES string of the molecule is CN=C(NCc1cccc(C)n1)NC(C)c1ccccc1.I. The molecule has 1 atom stereocenters. The summed E-state index contributed by atoms with van der Waals surface area (Å²) in [6.45, 7) is 4.77. The fourth-order valence-electron chi connectivity index (χ4n) is 2.10. The van der Waals surface area contributed by atoms with E-state index < -0.39 is 0 Å².